The number of unbranched alkanes of at least 4 members (excludes halogenated alkanes) is 2. The van der Waals surface area contributed by atoms with Gasteiger partial charge < -0.3 is 48.7 Å². The number of amides is 4. The summed E-state index contributed by atoms with van der Waals surface area (Å²) < 4.78 is 0. The minimum atomic E-state index is -1.22. The fraction of sp³-hybridized carbons (Fsp3) is 0.633. The number of carbonyl (C=O) groups is 5. The van der Waals surface area contributed by atoms with E-state index in [-0.39, 0.29) is 37.4 Å². The molecule has 0 saturated carbocycles. The minimum Gasteiger partial charge on any atom is -0.508 e. The first-order valence-corrected chi connectivity index (χ1v) is 15.2. The molecule has 0 bridgehead atoms. The molecule has 14 heteroatoms. The lowest BCUT2D eigenvalue weighted by Gasteiger charge is -2.27. The van der Waals surface area contributed by atoms with E-state index in [9.17, 15) is 34.2 Å². The fourth-order valence-electron chi connectivity index (χ4n) is 4.40. The van der Waals surface area contributed by atoms with Gasteiger partial charge in [0, 0.05) is 0 Å². The molecule has 0 aromatic heterocycles. The molecule has 0 fully saturated rings. The quantitative estimate of drug-likeness (QED) is 0.0804. The van der Waals surface area contributed by atoms with Crippen LogP contribution < -0.4 is 38.5 Å². The highest BCUT2D eigenvalue weighted by molar-refractivity contribution is 5.95. The van der Waals surface area contributed by atoms with Gasteiger partial charge in [0.1, 0.15) is 29.9 Å². The summed E-state index contributed by atoms with van der Waals surface area (Å²) >= 11 is 0. The number of phenols is 1. The van der Waals surface area contributed by atoms with Crippen molar-refractivity contribution in [2.45, 2.75) is 102 Å². The highest BCUT2D eigenvalue weighted by Gasteiger charge is 2.31. The fourth-order valence-corrected chi connectivity index (χ4v) is 4.40. The number of benzene rings is 1. The van der Waals surface area contributed by atoms with Crippen molar-refractivity contribution >= 4 is 29.6 Å². The van der Waals surface area contributed by atoms with Crippen molar-refractivity contribution in [2.75, 3.05) is 13.1 Å². The van der Waals surface area contributed by atoms with Gasteiger partial charge in [-0.25, -0.2) is 0 Å². The monoisotopic (exact) mass is 621 g/mol. The lowest BCUT2D eigenvalue weighted by atomic mass is 10.00. The van der Waals surface area contributed by atoms with E-state index < -0.39 is 59.8 Å². The third kappa shape index (κ3) is 14.6. The van der Waals surface area contributed by atoms with E-state index in [1.165, 1.54) is 19.1 Å². The van der Waals surface area contributed by atoms with Crippen molar-refractivity contribution in [3.63, 3.8) is 0 Å². The molecule has 248 valence electrons. The van der Waals surface area contributed by atoms with Gasteiger partial charge in [0.25, 0.3) is 0 Å². The second kappa shape index (κ2) is 20.3. The molecule has 0 radical (unpaired) electrons. The summed E-state index contributed by atoms with van der Waals surface area (Å²) in [5.41, 5.74) is 18.1. The van der Waals surface area contributed by atoms with Gasteiger partial charge in [-0.3, -0.25) is 24.0 Å². The Balaban J connectivity index is 3.07. The Hall–Kier alpha value is -3.75. The summed E-state index contributed by atoms with van der Waals surface area (Å²) in [7, 11) is 0. The number of nitrogens with two attached hydrogens (primary N) is 3. The van der Waals surface area contributed by atoms with Crippen LogP contribution in [0.25, 0.3) is 0 Å². The lowest BCUT2D eigenvalue weighted by Crippen LogP contribution is -2.58. The van der Waals surface area contributed by atoms with Gasteiger partial charge in [0.2, 0.25) is 23.6 Å². The van der Waals surface area contributed by atoms with Crippen LogP contribution >= 0.6 is 0 Å². The third-order valence-corrected chi connectivity index (χ3v) is 6.96. The first-order chi connectivity index (χ1) is 20.8. The molecule has 4 amide bonds. The zero-order valence-electron chi connectivity index (χ0n) is 26.0. The summed E-state index contributed by atoms with van der Waals surface area (Å²) in [5, 5.41) is 29.2. The van der Waals surface area contributed by atoms with Crippen LogP contribution in [0.5, 0.6) is 5.75 Å². The Kier molecular flexibility index (Phi) is 17.6. The number of carbonyl (C=O) groups excluding carboxylic acids is 4. The maximum absolute atomic E-state index is 13.5. The number of aromatic hydroxyl groups is 1. The zero-order valence-corrected chi connectivity index (χ0v) is 26.0. The van der Waals surface area contributed by atoms with Gasteiger partial charge in [-0.1, -0.05) is 26.0 Å². The first kappa shape index (κ1) is 38.3. The van der Waals surface area contributed by atoms with Gasteiger partial charge in [0.05, 0.1) is 6.04 Å². The molecule has 0 aliphatic carbocycles. The largest absolute Gasteiger partial charge is 0.508 e. The summed E-state index contributed by atoms with van der Waals surface area (Å²) in [6.07, 6.45) is 3.10. The van der Waals surface area contributed by atoms with Crippen LogP contribution in [0, 0.1) is 5.92 Å². The summed E-state index contributed by atoms with van der Waals surface area (Å²) in [4.78, 5) is 64.0. The molecule has 0 aliphatic heterocycles. The molecule has 14 nitrogen and oxygen atoms in total. The number of carboxylic acid groups (broad SMARTS) is 1. The summed E-state index contributed by atoms with van der Waals surface area (Å²) in [5.74, 6) is -3.54. The Morgan fingerprint density at radius 3 is 1.61 bits per heavy atom. The average molecular weight is 622 g/mol. The average Bonchev–Trinajstić information content (AvgIpc) is 2.96. The molecule has 12 N–H and O–H groups in total. The minimum absolute atomic E-state index is 0.00994. The number of phenolic OH excluding ortho intramolecular Hbond substituents is 1. The molecular weight excluding hydrogens is 570 g/mol. The van der Waals surface area contributed by atoms with Gasteiger partial charge >= 0.3 is 5.97 Å². The number of carboxylic acids is 1. The molecule has 5 atom stereocenters. The van der Waals surface area contributed by atoms with E-state index in [2.05, 4.69) is 21.3 Å². The number of nitrogens with one attached hydrogen (secondary N) is 4. The van der Waals surface area contributed by atoms with Crippen molar-refractivity contribution in [3.8, 4) is 5.75 Å². The Bertz CT molecular complexity index is 1070. The number of hydrogen-bond acceptors (Lipinski definition) is 9. The standard InChI is InChI=1S/C30H51N7O7/c1-18(2)16-25(37-26(39)22(33)17-20-10-12-21(38)13-11-20)29(42)36-24(9-5-7-15-32)28(41)35-23(8-4-6-14-31)27(40)34-19(3)30(43)44/h10-13,18-19,22-25,38H,4-9,14-17,31-33H2,1-3H3,(H,34,40)(H,35,41)(H,36,42)(H,37,39)(H,43,44)/t19-,22-,23-,24-,25-/m0/s1. The van der Waals surface area contributed by atoms with Crippen LogP contribution in [0.1, 0.15) is 71.3 Å². The smallest absolute Gasteiger partial charge is 0.325 e. The maximum atomic E-state index is 13.5. The third-order valence-electron chi connectivity index (χ3n) is 6.96. The predicted molar refractivity (Wildman–Crippen MR) is 166 cm³/mol. The van der Waals surface area contributed by atoms with Crippen LogP contribution in [0.15, 0.2) is 24.3 Å². The molecule has 1 rings (SSSR count). The molecule has 1 aromatic carbocycles. The van der Waals surface area contributed by atoms with E-state index in [4.69, 9.17) is 17.2 Å². The molecule has 0 aliphatic rings. The molecule has 44 heavy (non-hydrogen) atoms. The second-order valence-corrected chi connectivity index (χ2v) is 11.4. The highest BCUT2D eigenvalue weighted by Crippen LogP contribution is 2.12. The van der Waals surface area contributed by atoms with Gasteiger partial charge in [0.15, 0.2) is 0 Å². The van der Waals surface area contributed by atoms with E-state index in [1.807, 2.05) is 13.8 Å². The van der Waals surface area contributed by atoms with Gasteiger partial charge in [-0.2, -0.15) is 0 Å². The molecule has 0 saturated heterocycles. The number of rotatable bonds is 21. The van der Waals surface area contributed by atoms with E-state index in [0.29, 0.717) is 38.8 Å². The molecular formula is C30H51N7O7. The van der Waals surface area contributed by atoms with E-state index in [0.717, 1.165) is 5.56 Å². The van der Waals surface area contributed by atoms with Crippen LogP contribution in [0.4, 0.5) is 0 Å². The SMILES string of the molecule is CC(C)C[C@H](NC(=O)[C@@H](N)Cc1ccc(O)cc1)C(=O)N[C@@H](CCCCN)C(=O)N[C@@H](CCCCN)C(=O)N[C@@H](C)C(=O)O. The van der Waals surface area contributed by atoms with Crippen molar-refractivity contribution in [2.24, 2.45) is 23.1 Å². The lowest BCUT2D eigenvalue weighted by molar-refractivity contribution is -0.141. The van der Waals surface area contributed by atoms with Crippen molar-refractivity contribution in [3.05, 3.63) is 29.8 Å². The van der Waals surface area contributed by atoms with E-state index >= 15 is 0 Å². The normalized spacial score (nSPS) is 14.5. The Morgan fingerprint density at radius 1 is 0.705 bits per heavy atom. The number of hydrogen-bond donors (Lipinski definition) is 9. The number of aliphatic carboxylic acids is 1. The molecule has 0 spiro atoms. The highest BCUT2D eigenvalue weighted by atomic mass is 16.4. The van der Waals surface area contributed by atoms with Crippen molar-refractivity contribution < 1.29 is 34.2 Å². The second-order valence-electron chi connectivity index (χ2n) is 11.4. The summed E-state index contributed by atoms with van der Waals surface area (Å²) in [6, 6.07) is 1.06. The Morgan fingerprint density at radius 2 is 1.16 bits per heavy atom. The molecule has 1 aromatic rings. The predicted octanol–water partition coefficient (Wildman–Crippen LogP) is -0.390. The van der Waals surface area contributed by atoms with Crippen LogP contribution in [0.2, 0.25) is 0 Å². The van der Waals surface area contributed by atoms with Crippen LogP contribution in [0.3, 0.4) is 0 Å². The zero-order chi connectivity index (χ0) is 33.2. The summed E-state index contributed by atoms with van der Waals surface area (Å²) in [6.45, 7) is 5.85. The van der Waals surface area contributed by atoms with Crippen LogP contribution in [-0.2, 0) is 30.4 Å². The maximum Gasteiger partial charge on any atom is 0.325 e. The van der Waals surface area contributed by atoms with Crippen LogP contribution in [-0.4, -0.2) is 83.1 Å². The van der Waals surface area contributed by atoms with Gasteiger partial charge in [-0.15, -0.1) is 0 Å². The van der Waals surface area contributed by atoms with Crippen molar-refractivity contribution in [1.82, 2.24) is 21.3 Å². The van der Waals surface area contributed by atoms with Crippen molar-refractivity contribution in [1.29, 1.82) is 0 Å². The van der Waals surface area contributed by atoms with E-state index in [1.54, 1.807) is 12.1 Å². The molecule has 0 heterocycles. The van der Waals surface area contributed by atoms with Gasteiger partial charge in [-0.05, 0) is 95.0 Å². The first-order valence-electron chi connectivity index (χ1n) is 15.2. The Labute approximate surface area is 259 Å². The topological polar surface area (TPSA) is 252 Å². The molecule has 0 unspecified atom stereocenters.